The fourth-order valence-electron chi connectivity index (χ4n) is 1.44. The molecule has 1 aromatic rings. The van der Waals surface area contributed by atoms with Crippen LogP contribution in [0.25, 0.3) is 0 Å². The number of carbonyl (C=O) groups excluding carboxylic acids is 1. The minimum atomic E-state index is -0.216. The first-order valence-electron chi connectivity index (χ1n) is 5.24. The van der Waals surface area contributed by atoms with E-state index in [4.69, 9.17) is 10.9 Å². The van der Waals surface area contributed by atoms with Crippen molar-refractivity contribution >= 4 is 11.7 Å². The van der Waals surface area contributed by atoms with Crippen molar-refractivity contribution in [2.75, 3.05) is 13.6 Å². The number of oxime groups is 1. The van der Waals surface area contributed by atoms with Gasteiger partial charge in [0, 0.05) is 14.1 Å². The van der Waals surface area contributed by atoms with Gasteiger partial charge in [-0.3, -0.25) is 9.48 Å². The van der Waals surface area contributed by atoms with Crippen LogP contribution in [0.3, 0.4) is 0 Å². The molecule has 17 heavy (non-hydrogen) atoms. The molecule has 3 N–H and O–H groups in total. The van der Waals surface area contributed by atoms with Crippen LogP contribution < -0.4 is 5.73 Å². The van der Waals surface area contributed by atoms with E-state index in [1.807, 2.05) is 6.92 Å². The molecule has 0 saturated heterocycles. The Labute approximate surface area is 99.5 Å². The predicted molar refractivity (Wildman–Crippen MR) is 63.0 cm³/mol. The third-order valence-corrected chi connectivity index (χ3v) is 2.39. The van der Waals surface area contributed by atoms with Crippen LogP contribution in [-0.2, 0) is 13.5 Å². The van der Waals surface area contributed by atoms with Gasteiger partial charge in [-0.25, -0.2) is 0 Å². The fraction of sp³-hybridized carbons (Fsp3) is 0.500. The van der Waals surface area contributed by atoms with Gasteiger partial charge in [-0.2, -0.15) is 5.10 Å². The molecule has 1 aromatic heterocycles. The summed E-state index contributed by atoms with van der Waals surface area (Å²) in [6.07, 6.45) is 0.769. The summed E-state index contributed by atoms with van der Waals surface area (Å²) in [4.78, 5) is 13.4. The largest absolute Gasteiger partial charge is 0.409 e. The number of likely N-dealkylation sites (N-methyl/N-ethyl adjacent to an activating group) is 1. The van der Waals surface area contributed by atoms with Crippen molar-refractivity contribution in [1.29, 1.82) is 0 Å². The van der Waals surface area contributed by atoms with Gasteiger partial charge >= 0.3 is 0 Å². The Morgan fingerprint density at radius 1 is 1.71 bits per heavy atom. The maximum Gasteiger partial charge on any atom is 0.272 e. The van der Waals surface area contributed by atoms with Crippen LogP contribution in [0.1, 0.15) is 23.1 Å². The molecule has 0 aliphatic rings. The van der Waals surface area contributed by atoms with Gasteiger partial charge in [-0.05, 0) is 12.5 Å². The third kappa shape index (κ3) is 2.96. The highest BCUT2D eigenvalue weighted by molar-refractivity contribution is 5.95. The average molecular weight is 239 g/mol. The summed E-state index contributed by atoms with van der Waals surface area (Å²) in [5.41, 5.74) is 6.68. The Kier molecular flexibility index (Phi) is 4.08. The summed E-state index contributed by atoms with van der Waals surface area (Å²) in [6.45, 7) is 2.04. The second-order valence-electron chi connectivity index (χ2n) is 3.75. The zero-order valence-electron chi connectivity index (χ0n) is 10.2. The summed E-state index contributed by atoms with van der Waals surface area (Å²) in [7, 11) is 3.29. The molecule has 0 atom stereocenters. The van der Waals surface area contributed by atoms with E-state index in [1.54, 1.807) is 20.2 Å². The van der Waals surface area contributed by atoms with E-state index < -0.39 is 0 Å². The van der Waals surface area contributed by atoms with Gasteiger partial charge in [0.05, 0.1) is 12.2 Å². The third-order valence-electron chi connectivity index (χ3n) is 2.39. The number of amides is 1. The van der Waals surface area contributed by atoms with Crippen LogP contribution in [0.4, 0.5) is 0 Å². The summed E-state index contributed by atoms with van der Waals surface area (Å²) < 4.78 is 1.53. The van der Waals surface area contributed by atoms with Crippen LogP contribution in [0.2, 0.25) is 0 Å². The molecular formula is C10H17N5O2. The molecule has 1 heterocycles. The van der Waals surface area contributed by atoms with Crippen LogP contribution in [-0.4, -0.2) is 45.2 Å². The fourth-order valence-corrected chi connectivity index (χ4v) is 1.44. The van der Waals surface area contributed by atoms with E-state index in [1.165, 1.54) is 9.58 Å². The van der Waals surface area contributed by atoms with E-state index in [0.717, 1.165) is 12.1 Å². The van der Waals surface area contributed by atoms with Crippen molar-refractivity contribution in [3.63, 3.8) is 0 Å². The van der Waals surface area contributed by atoms with Crippen molar-refractivity contribution in [2.45, 2.75) is 13.3 Å². The standard InChI is InChI=1S/C10H17N5O2/c1-4-7-5-8(15(3)12-7)10(16)14(2)6-9(11)13-17/h5,17H,4,6H2,1-3H3,(H2,11,13). The van der Waals surface area contributed by atoms with Crippen LogP contribution in [0, 0.1) is 0 Å². The lowest BCUT2D eigenvalue weighted by Crippen LogP contribution is -2.36. The molecule has 0 aromatic carbocycles. The highest BCUT2D eigenvalue weighted by Gasteiger charge is 2.17. The van der Waals surface area contributed by atoms with Gasteiger partial charge in [0.2, 0.25) is 0 Å². The molecule has 7 heteroatoms. The number of rotatable bonds is 4. The Hall–Kier alpha value is -2.05. The van der Waals surface area contributed by atoms with E-state index >= 15 is 0 Å². The molecule has 0 bridgehead atoms. The Morgan fingerprint density at radius 2 is 2.35 bits per heavy atom. The second-order valence-corrected chi connectivity index (χ2v) is 3.75. The van der Waals surface area contributed by atoms with Gasteiger partial charge in [-0.15, -0.1) is 0 Å². The molecule has 7 nitrogen and oxygen atoms in total. The molecule has 1 amide bonds. The normalized spacial score (nSPS) is 11.6. The minimum Gasteiger partial charge on any atom is -0.409 e. The number of amidine groups is 1. The Bertz CT molecular complexity index is 438. The number of aromatic nitrogens is 2. The van der Waals surface area contributed by atoms with E-state index in [9.17, 15) is 4.79 Å². The van der Waals surface area contributed by atoms with Gasteiger partial charge in [0.1, 0.15) is 5.69 Å². The molecule has 0 aliphatic heterocycles. The van der Waals surface area contributed by atoms with Crippen molar-refractivity contribution in [3.8, 4) is 0 Å². The molecule has 0 saturated carbocycles. The molecule has 0 fully saturated rings. The smallest absolute Gasteiger partial charge is 0.272 e. The lowest BCUT2D eigenvalue weighted by atomic mass is 10.3. The summed E-state index contributed by atoms with van der Waals surface area (Å²) >= 11 is 0. The lowest BCUT2D eigenvalue weighted by molar-refractivity contribution is 0.0803. The molecule has 0 spiro atoms. The Balaban J connectivity index is 2.84. The van der Waals surface area contributed by atoms with E-state index in [-0.39, 0.29) is 18.3 Å². The molecule has 0 radical (unpaired) electrons. The highest BCUT2D eigenvalue weighted by atomic mass is 16.4. The predicted octanol–water partition coefficient (Wildman–Crippen LogP) is -0.199. The van der Waals surface area contributed by atoms with Crippen molar-refractivity contribution in [2.24, 2.45) is 17.9 Å². The van der Waals surface area contributed by atoms with E-state index in [0.29, 0.717) is 5.69 Å². The average Bonchev–Trinajstić information content (AvgIpc) is 2.69. The zero-order chi connectivity index (χ0) is 13.0. The van der Waals surface area contributed by atoms with Gasteiger partial charge in [0.25, 0.3) is 5.91 Å². The number of hydrogen-bond donors (Lipinski definition) is 2. The highest BCUT2D eigenvalue weighted by Crippen LogP contribution is 2.06. The van der Waals surface area contributed by atoms with Gasteiger partial charge in [0.15, 0.2) is 5.84 Å². The van der Waals surface area contributed by atoms with Gasteiger partial charge in [-0.1, -0.05) is 12.1 Å². The zero-order valence-corrected chi connectivity index (χ0v) is 10.2. The Morgan fingerprint density at radius 3 is 2.82 bits per heavy atom. The SMILES string of the molecule is CCc1cc(C(=O)N(C)CC(N)=NO)n(C)n1. The molecular weight excluding hydrogens is 222 g/mol. The number of nitrogens with zero attached hydrogens (tertiary/aromatic N) is 4. The summed E-state index contributed by atoms with van der Waals surface area (Å²) in [5, 5.41) is 15.5. The first-order valence-corrected chi connectivity index (χ1v) is 5.24. The first kappa shape index (κ1) is 13.0. The number of nitrogens with two attached hydrogens (primary N) is 1. The summed E-state index contributed by atoms with van der Waals surface area (Å²) in [6, 6.07) is 1.74. The van der Waals surface area contributed by atoms with E-state index in [2.05, 4.69) is 10.3 Å². The maximum absolute atomic E-state index is 12.0. The summed E-state index contributed by atoms with van der Waals surface area (Å²) in [5.74, 6) is -0.231. The number of aryl methyl sites for hydroxylation is 2. The molecule has 94 valence electrons. The van der Waals surface area contributed by atoms with Crippen LogP contribution in [0.15, 0.2) is 11.2 Å². The lowest BCUT2D eigenvalue weighted by Gasteiger charge is -2.15. The number of hydrogen-bond acceptors (Lipinski definition) is 4. The van der Waals surface area contributed by atoms with Crippen molar-refractivity contribution in [3.05, 3.63) is 17.5 Å². The van der Waals surface area contributed by atoms with Gasteiger partial charge < -0.3 is 15.8 Å². The first-order chi connectivity index (χ1) is 7.99. The quantitative estimate of drug-likeness (QED) is 0.329. The topological polar surface area (TPSA) is 96.7 Å². The monoisotopic (exact) mass is 239 g/mol. The minimum absolute atomic E-state index is 0.0151. The van der Waals surface area contributed by atoms with Crippen LogP contribution in [0.5, 0.6) is 0 Å². The van der Waals surface area contributed by atoms with Crippen molar-refractivity contribution < 1.29 is 10.0 Å². The molecule has 1 rings (SSSR count). The maximum atomic E-state index is 12.0. The molecule has 0 aliphatic carbocycles. The second kappa shape index (κ2) is 5.33. The van der Waals surface area contributed by atoms with Crippen molar-refractivity contribution in [1.82, 2.24) is 14.7 Å². The van der Waals surface area contributed by atoms with Crippen LogP contribution >= 0.6 is 0 Å². The number of carbonyl (C=O) groups is 1. The molecule has 0 unspecified atom stereocenters.